The molecule has 2 nitrogen and oxygen atoms in total. The van der Waals surface area contributed by atoms with Gasteiger partial charge in [-0.1, -0.05) is 6.42 Å². The fraction of sp³-hybridized carbons (Fsp3) is 0.667. The Morgan fingerprint density at radius 3 is 3.27 bits per heavy atom. The molecule has 1 atom stereocenters. The molecular formula is C12H19NOS. The lowest BCUT2D eigenvalue weighted by Gasteiger charge is -2.12. The van der Waals surface area contributed by atoms with E-state index in [2.05, 4.69) is 12.2 Å². The van der Waals surface area contributed by atoms with Crippen LogP contribution in [0.25, 0.3) is 0 Å². The van der Waals surface area contributed by atoms with Crippen LogP contribution in [0.2, 0.25) is 0 Å². The van der Waals surface area contributed by atoms with Gasteiger partial charge in [0.1, 0.15) is 5.76 Å². The van der Waals surface area contributed by atoms with E-state index in [0.717, 1.165) is 23.3 Å². The molecule has 0 aliphatic carbocycles. The number of aryl methyl sites for hydroxylation is 1. The maximum atomic E-state index is 5.45. The molecule has 0 radical (unpaired) electrons. The van der Waals surface area contributed by atoms with Crippen LogP contribution in [0.3, 0.4) is 0 Å². The zero-order valence-corrected chi connectivity index (χ0v) is 10.1. The number of rotatable bonds is 3. The van der Waals surface area contributed by atoms with Gasteiger partial charge in [0, 0.05) is 11.8 Å². The average molecular weight is 225 g/mol. The Kier molecular flexibility index (Phi) is 4.15. The van der Waals surface area contributed by atoms with Crippen molar-refractivity contribution in [3.05, 3.63) is 23.7 Å². The average Bonchev–Trinajstić information content (AvgIpc) is 2.53. The van der Waals surface area contributed by atoms with Crippen LogP contribution < -0.4 is 5.32 Å². The van der Waals surface area contributed by atoms with E-state index in [4.69, 9.17) is 4.42 Å². The molecule has 3 heteroatoms. The monoisotopic (exact) mass is 225 g/mol. The molecule has 0 amide bonds. The molecule has 1 saturated heterocycles. The van der Waals surface area contributed by atoms with E-state index in [1.54, 1.807) is 6.26 Å². The summed E-state index contributed by atoms with van der Waals surface area (Å²) in [5.74, 6) is 2.16. The summed E-state index contributed by atoms with van der Waals surface area (Å²) in [4.78, 5) is 0. The van der Waals surface area contributed by atoms with Crippen molar-refractivity contribution < 1.29 is 4.42 Å². The first kappa shape index (κ1) is 11.1. The van der Waals surface area contributed by atoms with Crippen LogP contribution in [0.4, 0.5) is 0 Å². The van der Waals surface area contributed by atoms with Gasteiger partial charge >= 0.3 is 0 Å². The Labute approximate surface area is 95.8 Å². The third-order valence-electron chi connectivity index (χ3n) is 2.92. The maximum Gasteiger partial charge on any atom is 0.116 e. The normalized spacial score (nSPS) is 22.6. The number of thioether (sulfide) groups is 1. The van der Waals surface area contributed by atoms with Gasteiger partial charge in [0.05, 0.1) is 12.0 Å². The van der Waals surface area contributed by atoms with Gasteiger partial charge in [-0.3, -0.25) is 0 Å². The minimum Gasteiger partial charge on any atom is -0.468 e. The number of hydrogen-bond acceptors (Lipinski definition) is 3. The molecule has 1 N–H and O–H groups in total. The van der Waals surface area contributed by atoms with Crippen LogP contribution in [0.1, 0.15) is 30.6 Å². The highest BCUT2D eigenvalue weighted by atomic mass is 32.2. The molecule has 1 aromatic rings. The SMILES string of the molecule is Cc1ccoc1CSC1CCCCNC1. The molecule has 0 saturated carbocycles. The van der Waals surface area contributed by atoms with E-state index in [1.165, 1.54) is 31.4 Å². The second kappa shape index (κ2) is 5.61. The molecule has 0 bridgehead atoms. The van der Waals surface area contributed by atoms with Crippen molar-refractivity contribution in [1.82, 2.24) is 5.32 Å². The maximum absolute atomic E-state index is 5.45. The highest BCUT2D eigenvalue weighted by Gasteiger charge is 2.13. The molecule has 1 aliphatic heterocycles. The molecule has 0 aromatic carbocycles. The summed E-state index contributed by atoms with van der Waals surface area (Å²) in [5, 5.41) is 4.25. The second-order valence-corrected chi connectivity index (χ2v) is 5.45. The fourth-order valence-electron chi connectivity index (χ4n) is 1.87. The van der Waals surface area contributed by atoms with Crippen LogP contribution in [0, 0.1) is 6.92 Å². The van der Waals surface area contributed by atoms with Gasteiger partial charge < -0.3 is 9.73 Å². The summed E-state index contributed by atoms with van der Waals surface area (Å²) in [6.07, 6.45) is 5.83. The van der Waals surface area contributed by atoms with Crippen molar-refractivity contribution in [1.29, 1.82) is 0 Å². The quantitative estimate of drug-likeness (QED) is 0.856. The zero-order valence-electron chi connectivity index (χ0n) is 9.29. The summed E-state index contributed by atoms with van der Waals surface area (Å²) in [6, 6.07) is 2.04. The Hall–Kier alpha value is -0.410. The lowest BCUT2D eigenvalue weighted by molar-refractivity contribution is 0.527. The zero-order chi connectivity index (χ0) is 10.5. The Balaban J connectivity index is 1.79. The van der Waals surface area contributed by atoms with Crippen LogP contribution in [0.15, 0.2) is 16.7 Å². The van der Waals surface area contributed by atoms with E-state index < -0.39 is 0 Å². The minimum atomic E-state index is 0.761. The van der Waals surface area contributed by atoms with Crippen molar-refractivity contribution in [2.45, 2.75) is 37.2 Å². The van der Waals surface area contributed by atoms with Crippen molar-refractivity contribution >= 4 is 11.8 Å². The molecule has 84 valence electrons. The highest BCUT2D eigenvalue weighted by Crippen LogP contribution is 2.24. The Morgan fingerprint density at radius 2 is 2.47 bits per heavy atom. The first-order valence-corrected chi connectivity index (χ1v) is 6.76. The van der Waals surface area contributed by atoms with E-state index in [1.807, 2.05) is 17.8 Å². The van der Waals surface area contributed by atoms with Gasteiger partial charge in [0.25, 0.3) is 0 Å². The molecular weight excluding hydrogens is 206 g/mol. The second-order valence-electron chi connectivity index (χ2n) is 4.16. The smallest absolute Gasteiger partial charge is 0.116 e. The Morgan fingerprint density at radius 1 is 1.53 bits per heavy atom. The summed E-state index contributed by atoms with van der Waals surface area (Å²) >= 11 is 2.03. The number of furan rings is 1. The summed E-state index contributed by atoms with van der Waals surface area (Å²) in [5.41, 5.74) is 1.28. The van der Waals surface area contributed by atoms with Crippen LogP contribution in [0.5, 0.6) is 0 Å². The van der Waals surface area contributed by atoms with E-state index >= 15 is 0 Å². The third kappa shape index (κ3) is 3.28. The lowest BCUT2D eigenvalue weighted by Crippen LogP contribution is -2.22. The van der Waals surface area contributed by atoms with Gasteiger partial charge in [-0.15, -0.1) is 11.8 Å². The van der Waals surface area contributed by atoms with Gasteiger partial charge in [-0.2, -0.15) is 0 Å². The first-order valence-electron chi connectivity index (χ1n) is 5.71. The predicted molar refractivity (Wildman–Crippen MR) is 65.2 cm³/mol. The van der Waals surface area contributed by atoms with Crippen molar-refractivity contribution in [3.8, 4) is 0 Å². The summed E-state index contributed by atoms with van der Waals surface area (Å²) in [7, 11) is 0. The Bertz CT molecular complexity index is 290. The predicted octanol–water partition coefficient (Wildman–Crippen LogP) is 2.96. The molecule has 15 heavy (non-hydrogen) atoms. The molecule has 0 spiro atoms. The van der Waals surface area contributed by atoms with Crippen LogP contribution in [-0.2, 0) is 5.75 Å². The molecule has 2 rings (SSSR count). The highest BCUT2D eigenvalue weighted by molar-refractivity contribution is 7.99. The fourth-order valence-corrected chi connectivity index (χ4v) is 3.13. The third-order valence-corrected chi connectivity index (χ3v) is 4.22. The van der Waals surface area contributed by atoms with Crippen molar-refractivity contribution in [2.24, 2.45) is 0 Å². The van der Waals surface area contributed by atoms with Crippen LogP contribution in [-0.4, -0.2) is 18.3 Å². The summed E-state index contributed by atoms with van der Waals surface area (Å²) in [6.45, 7) is 4.46. The lowest BCUT2D eigenvalue weighted by atomic mass is 10.2. The number of nitrogens with one attached hydrogen (secondary N) is 1. The molecule has 1 unspecified atom stereocenters. The standard InChI is InChI=1S/C12H19NOS/c1-10-5-7-14-12(10)9-15-11-4-2-3-6-13-8-11/h5,7,11,13H,2-4,6,8-9H2,1H3. The number of hydrogen-bond donors (Lipinski definition) is 1. The molecule has 1 fully saturated rings. The van der Waals surface area contributed by atoms with Gasteiger partial charge in [0.2, 0.25) is 0 Å². The van der Waals surface area contributed by atoms with E-state index in [0.29, 0.717) is 0 Å². The van der Waals surface area contributed by atoms with E-state index in [9.17, 15) is 0 Å². The minimum absolute atomic E-state index is 0.761. The molecule has 2 heterocycles. The largest absolute Gasteiger partial charge is 0.468 e. The topological polar surface area (TPSA) is 25.2 Å². The van der Waals surface area contributed by atoms with Gasteiger partial charge in [0.15, 0.2) is 0 Å². The van der Waals surface area contributed by atoms with E-state index in [-0.39, 0.29) is 0 Å². The van der Waals surface area contributed by atoms with Gasteiger partial charge in [-0.25, -0.2) is 0 Å². The molecule has 1 aliphatic rings. The van der Waals surface area contributed by atoms with Crippen molar-refractivity contribution in [2.75, 3.05) is 13.1 Å². The van der Waals surface area contributed by atoms with Gasteiger partial charge in [-0.05, 0) is 37.9 Å². The summed E-state index contributed by atoms with van der Waals surface area (Å²) < 4.78 is 5.45. The van der Waals surface area contributed by atoms with Crippen molar-refractivity contribution in [3.63, 3.8) is 0 Å². The molecule has 1 aromatic heterocycles. The first-order chi connectivity index (χ1) is 7.36. The van der Waals surface area contributed by atoms with Crippen LogP contribution >= 0.6 is 11.8 Å².